The lowest BCUT2D eigenvalue weighted by Crippen LogP contribution is -2.11. The van der Waals surface area contributed by atoms with Crippen LogP contribution < -0.4 is 15.2 Å². The molecule has 0 saturated carbocycles. The van der Waals surface area contributed by atoms with E-state index >= 15 is 0 Å². The van der Waals surface area contributed by atoms with E-state index in [2.05, 4.69) is 5.10 Å². The molecule has 4 aromatic rings. The zero-order chi connectivity index (χ0) is 30.2. The molecular formula is C30H26F3N3O5S. The van der Waals surface area contributed by atoms with Gasteiger partial charge in [-0.2, -0.15) is 5.10 Å². The lowest BCUT2D eigenvalue weighted by Gasteiger charge is -2.13. The molecule has 0 amide bonds. The van der Waals surface area contributed by atoms with Gasteiger partial charge in [-0.05, 0) is 66.1 Å². The van der Waals surface area contributed by atoms with Gasteiger partial charge in [0.25, 0.3) is 6.43 Å². The quantitative estimate of drug-likeness (QED) is 0.233. The molecule has 0 aliphatic heterocycles. The number of aryl methyl sites for hydroxylation is 1. The highest BCUT2D eigenvalue weighted by Gasteiger charge is 2.26. The molecule has 0 fully saturated rings. The molecule has 1 aliphatic carbocycles. The molecule has 0 bridgehead atoms. The molecule has 12 heteroatoms. The molecule has 5 rings (SSSR count). The topological polar surface area (TPSA) is 114 Å². The van der Waals surface area contributed by atoms with Crippen molar-refractivity contribution in [2.24, 2.45) is 0 Å². The zero-order valence-electron chi connectivity index (χ0n) is 22.6. The van der Waals surface area contributed by atoms with E-state index in [1.54, 1.807) is 49.4 Å². The summed E-state index contributed by atoms with van der Waals surface area (Å²) in [6.45, 7) is 0.903. The lowest BCUT2D eigenvalue weighted by molar-refractivity contribution is 0.0815. The summed E-state index contributed by atoms with van der Waals surface area (Å²) in [5.74, 6) is -0.665. The van der Waals surface area contributed by atoms with E-state index in [4.69, 9.17) is 15.2 Å². The Kier molecular flexibility index (Phi) is 7.83. The fourth-order valence-corrected chi connectivity index (χ4v) is 5.52. The molecule has 0 atom stereocenters. The van der Waals surface area contributed by atoms with Gasteiger partial charge in [0.05, 0.1) is 23.2 Å². The number of allylic oxidation sites excluding steroid dienone is 1. The van der Waals surface area contributed by atoms with Crippen molar-refractivity contribution in [3.8, 4) is 22.9 Å². The van der Waals surface area contributed by atoms with Gasteiger partial charge in [0.15, 0.2) is 27.2 Å². The first kappa shape index (κ1) is 28.9. The molecule has 2 N–H and O–H groups in total. The third kappa shape index (κ3) is 6.18. The molecule has 42 heavy (non-hydrogen) atoms. The number of ether oxygens (including phenoxy) is 2. The maximum Gasteiger partial charge on any atom is 0.272 e. The van der Waals surface area contributed by atoms with Crippen molar-refractivity contribution in [3.63, 3.8) is 0 Å². The summed E-state index contributed by atoms with van der Waals surface area (Å²) in [6, 6.07) is 14.1. The Hall–Kier alpha value is -4.58. The standard InChI is InChI=1S/C30H26F3N3O5S/c1-17-9-22(41-26-6-4-3-5-24(26)31)7-8-25(17)36-30(34)23(14-35-36)29(37)20-10-18-12-21(16-42(2,38)39)27(13-19(18)11-20)40-15-28(32)33/h3-9,11-14,28H,10,15-16,34H2,1-2H3. The first-order valence-corrected chi connectivity index (χ1v) is 14.8. The number of carbonyl (C=O) groups is 1. The zero-order valence-corrected chi connectivity index (χ0v) is 23.4. The average Bonchev–Trinajstić information content (AvgIpc) is 3.50. The lowest BCUT2D eigenvalue weighted by atomic mass is 10.0. The largest absolute Gasteiger partial charge is 0.487 e. The molecule has 0 spiro atoms. The number of nitrogens with two attached hydrogens (primary N) is 1. The van der Waals surface area contributed by atoms with Crippen LogP contribution in [0.2, 0.25) is 0 Å². The minimum atomic E-state index is -3.49. The van der Waals surface area contributed by atoms with E-state index in [1.165, 1.54) is 29.1 Å². The van der Waals surface area contributed by atoms with E-state index in [0.717, 1.165) is 6.26 Å². The highest BCUT2D eigenvalue weighted by Crippen LogP contribution is 2.35. The van der Waals surface area contributed by atoms with Crippen LogP contribution in [0.3, 0.4) is 0 Å². The normalized spacial score (nSPS) is 12.8. The summed E-state index contributed by atoms with van der Waals surface area (Å²) in [5, 5.41) is 4.31. The van der Waals surface area contributed by atoms with Crippen LogP contribution in [0.15, 0.2) is 66.4 Å². The second kappa shape index (κ2) is 11.4. The molecule has 1 aliphatic rings. The van der Waals surface area contributed by atoms with Crippen molar-refractivity contribution in [1.29, 1.82) is 0 Å². The first-order chi connectivity index (χ1) is 19.9. The van der Waals surface area contributed by atoms with Gasteiger partial charge >= 0.3 is 0 Å². The molecular weight excluding hydrogens is 571 g/mol. The van der Waals surface area contributed by atoms with Crippen LogP contribution in [0.25, 0.3) is 11.8 Å². The van der Waals surface area contributed by atoms with Crippen molar-refractivity contribution < 1.29 is 35.9 Å². The van der Waals surface area contributed by atoms with Gasteiger partial charge < -0.3 is 15.2 Å². The Morgan fingerprint density at radius 1 is 1.12 bits per heavy atom. The van der Waals surface area contributed by atoms with E-state index in [9.17, 15) is 26.4 Å². The monoisotopic (exact) mass is 597 g/mol. The Bertz CT molecular complexity index is 1830. The Balaban J connectivity index is 1.39. The van der Waals surface area contributed by atoms with Gasteiger partial charge in [0, 0.05) is 23.8 Å². The van der Waals surface area contributed by atoms with Gasteiger partial charge in [-0.3, -0.25) is 4.79 Å². The summed E-state index contributed by atoms with van der Waals surface area (Å²) < 4.78 is 75.7. The van der Waals surface area contributed by atoms with Crippen molar-refractivity contribution in [2.75, 3.05) is 18.6 Å². The van der Waals surface area contributed by atoms with Crippen LogP contribution in [-0.4, -0.2) is 43.3 Å². The number of hydrogen-bond donors (Lipinski definition) is 1. The number of alkyl halides is 2. The summed E-state index contributed by atoms with van der Waals surface area (Å²) in [6.07, 6.45) is 1.45. The highest BCUT2D eigenvalue weighted by molar-refractivity contribution is 7.89. The number of sulfone groups is 1. The van der Waals surface area contributed by atoms with Crippen LogP contribution >= 0.6 is 0 Å². The molecule has 8 nitrogen and oxygen atoms in total. The number of Topliss-reactive ketones (excluding diaryl/α,β-unsaturated/α-hetero) is 1. The molecule has 0 unspecified atom stereocenters. The van der Waals surface area contributed by atoms with Crippen LogP contribution in [0.5, 0.6) is 17.2 Å². The van der Waals surface area contributed by atoms with Gasteiger partial charge in [0.2, 0.25) is 0 Å². The number of rotatable bonds is 10. The number of anilines is 1. The Morgan fingerprint density at radius 2 is 1.88 bits per heavy atom. The van der Waals surface area contributed by atoms with E-state index in [-0.39, 0.29) is 40.6 Å². The summed E-state index contributed by atoms with van der Waals surface area (Å²) in [7, 11) is -3.49. The minimum absolute atomic E-state index is 0.0228. The predicted molar refractivity (Wildman–Crippen MR) is 152 cm³/mol. The number of fused-ring (bicyclic) bond motifs is 1. The van der Waals surface area contributed by atoms with Crippen molar-refractivity contribution >= 4 is 27.5 Å². The van der Waals surface area contributed by atoms with Crippen LogP contribution in [0.4, 0.5) is 19.0 Å². The number of benzene rings is 3. The van der Waals surface area contributed by atoms with Crippen LogP contribution in [-0.2, 0) is 22.0 Å². The average molecular weight is 598 g/mol. The first-order valence-electron chi connectivity index (χ1n) is 12.8. The second-order valence-corrected chi connectivity index (χ2v) is 12.1. The molecule has 1 heterocycles. The Morgan fingerprint density at radius 3 is 2.57 bits per heavy atom. The number of aromatic nitrogens is 2. The molecule has 0 radical (unpaired) electrons. The van der Waals surface area contributed by atoms with Gasteiger partial charge in [-0.15, -0.1) is 0 Å². The third-order valence-electron chi connectivity index (χ3n) is 6.62. The van der Waals surface area contributed by atoms with E-state index in [1.807, 2.05) is 0 Å². The fraction of sp³-hybridized carbons (Fsp3) is 0.200. The van der Waals surface area contributed by atoms with E-state index < -0.39 is 34.4 Å². The van der Waals surface area contributed by atoms with Gasteiger partial charge in [-0.25, -0.2) is 26.3 Å². The minimum Gasteiger partial charge on any atom is -0.487 e. The summed E-state index contributed by atoms with van der Waals surface area (Å²) in [5.41, 5.74) is 9.65. The number of hydrogen-bond acceptors (Lipinski definition) is 7. The second-order valence-electron chi connectivity index (χ2n) is 9.94. The summed E-state index contributed by atoms with van der Waals surface area (Å²) >= 11 is 0. The number of nitrogens with zero attached hydrogens (tertiary/aromatic N) is 2. The molecule has 0 saturated heterocycles. The predicted octanol–water partition coefficient (Wildman–Crippen LogP) is 5.71. The number of ketones is 1. The SMILES string of the molecule is Cc1cc(Oc2ccccc2F)ccc1-n1ncc(C(=O)C2=Cc3cc(OCC(F)F)c(CS(C)(=O)=O)cc3C2)c1N. The third-order valence-corrected chi connectivity index (χ3v) is 7.45. The number of para-hydroxylation sites is 1. The van der Waals surface area contributed by atoms with Crippen LogP contribution in [0.1, 0.15) is 32.6 Å². The molecule has 218 valence electrons. The molecule has 3 aromatic carbocycles. The van der Waals surface area contributed by atoms with Crippen molar-refractivity contribution in [3.05, 3.63) is 100 Å². The van der Waals surface area contributed by atoms with Gasteiger partial charge in [-0.1, -0.05) is 18.2 Å². The number of carbonyl (C=O) groups excluding carboxylic acids is 1. The number of nitrogen functional groups attached to an aromatic ring is 1. The van der Waals surface area contributed by atoms with Crippen molar-refractivity contribution in [1.82, 2.24) is 9.78 Å². The maximum absolute atomic E-state index is 14.0. The smallest absolute Gasteiger partial charge is 0.272 e. The fourth-order valence-electron chi connectivity index (χ4n) is 4.73. The van der Waals surface area contributed by atoms with E-state index in [0.29, 0.717) is 33.7 Å². The summed E-state index contributed by atoms with van der Waals surface area (Å²) in [4.78, 5) is 13.5. The molecule has 1 aromatic heterocycles. The van der Waals surface area contributed by atoms with Gasteiger partial charge in [0.1, 0.15) is 23.9 Å². The number of halogens is 3. The van der Waals surface area contributed by atoms with Crippen LogP contribution in [0, 0.1) is 12.7 Å². The van der Waals surface area contributed by atoms with Crippen molar-refractivity contribution in [2.45, 2.75) is 25.5 Å². The Labute approximate surface area is 240 Å². The highest BCUT2D eigenvalue weighted by atomic mass is 32.2. The maximum atomic E-state index is 14.0.